The van der Waals surface area contributed by atoms with Gasteiger partial charge in [0.15, 0.2) is 0 Å². The van der Waals surface area contributed by atoms with Crippen molar-refractivity contribution in [3.63, 3.8) is 0 Å². The van der Waals surface area contributed by atoms with Gasteiger partial charge in [0.05, 0.1) is 11.9 Å². The van der Waals surface area contributed by atoms with Gasteiger partial charge in [-0.1, -0.05) is 64.1 Å². The molecule has 0 saturated carbocycles. The largest absolute Gasteiger partial charge is 0.240 e. The Morgan fingerprint density at radius 3 is 1.96 bits per heavy atom. The van der Waals surface area contributed by atoms with Crippen LogP contribution in [0.2, 0.25) is 0 Å². The summed E-state index contributed by atoms with van der Waals surface area (Å²) in [6.45, 7) is 9.02. The lowest BCUT2D eigenvalue weighted by atomic mass is 9.86. The maximum atomic E-state index is 4.58. The average Bonchev–Trinajstić information content (AvgIpc) is 3.04. The summed E-state index contributed by atoms with van der Waals surface area (Å²) >= 11 is 0. The summed E-state index contributed by atoms with van der Waals surface area (Å²) in [7, 11) is 0. The highest BCUT2D eigenvalue weighted by molar-refractivity contribution is 5.71. The van der Waals surface area contributed by atoms with Crippen molar-refractivity contribution in [1.82, 2.24) is 9.78 Å². The molecule has 0 radical (unpaired) electrons. The number of para-hydroxylation sites is 1. The molecule has 1 heterocycles. The van der Waals surface area contributed by atoms with E-state index in [4.69, 9.17) is 0 Å². The number of hydrogen-bond donors (Lipinski definition) is 0. The Morgan fingerprint density at radius 1 is 0.783 bits per heavy atom. The number of rotatable bonds is 4. The quantitative estimate of drug-likeness (QED) is 0.597. The van der Waals surface area contributed by atoms with Crippen molar-refractivity contribution in [3.05, 3.63) is 72.1 Å². The minimum atomic E-state index is 0.490. The lowest BCUT2D eigenvalue weighted by Crippen LogP contribution is -1.99. The Morgan fingerprint density at radius 2 is 1.39 bits per heavy atom. The minimum Gasteiger partial charge on any atom is -0.240 e. The SMILES string of the molecule is CC(C)c1cccc(C(C)C)c1-c1cnn(-c2ccccc2)c1. The van der Waals surface area contributed by atoms with Crippen LogP contribution >= 0.6 is 0 Å². The summed E-state index contributed by atoms with van der Waals surface area (Å²) < 4.78 is 1.95. The van der Waals surface area contributed by atoms with Gasteiger partial charge in [0.2, 0.25) is 0 Å². The van der Waals surface area contributed by atoms with Gasteiger partial charge in [-0.3, -0.25) is 0 Å². The lowest BCUT2D eigenvalue weighted by Gasteiger charge is -2.18. The molecule has 0 amide bonds. The third-order valence-corrected chi connectivity index (χ3v) is 4.26. The number of aromatic nitrogens is 2. The van der Waals surface area contributed by atoms with E-state index in [0.717, 1.165) is 5.69 Å². The van der Waals surface area contributed by atoms with Crippen LogP contribution in [0, 0.1) is 0 Å². The fraction of sp³-hybridized carbons (Fsp3) is 0.286. The van der Waals surface area contributed by atoms with Crippen molar-refractivity contribution in [2.45, 2.75) is 39.5 Å². The first-order valence-corrected chi connectivity index (χ1v) is 8.31. The second-order valence-corrected chi connectivity index (χ2v) is 6.63. The van der Waals surface area contributed by atoms with Gasteiger partial charge in [-0.15, -0.1) is 0 Å². The second-order valence-electron chi connectivity index (χ2n) is 6.63. The molecule has 0 unspecified atom stereocenters. The maximum Gasteiger partial charge on any atom is 0.0645 e. The molecule has 2 heteroatoms. The van der Waals surface area contributed by atoms with Crippen molar-refractivity contribution in [1.29, 1.82) is 0 Å². The van der Waals surface area contributed by atoms with Crippen molar-refractivity contribution < 1.29 is 0 Å². The number of benzene rings is 2. The van der Waals surface area contributed by atoms with Gasteiger partial charge in [0.1, 0.15) is 0 Å². The smallest absolute Gasteiger partial charge is 0.0645 e. The molecule has 118 valence electrons. The maximum absolute atomic E-state index is 4.58. The van der Waals surface area contributed by atoms with Crippen LogP contribution < -0.4 is 0 Å². The zero-order valence-corrected chi connectivity index (χ0v) is 14.3. The summed E-state index contributed by atoms with van der Waals surface area (Å²) in [5.41, 5.74) is 6.42. The van der Waals surface area contributed by atoms with Crippen LogP contribution in [0.1, 0.15) is 50.7 Å². The molecule has 1 aromatic heterocycles. The van der Waals surface area contributed by atoms with Gasteiger partial charge in [-0.25, -0.2) is 4.68 Å². The topological polar surface area (TPSA) is 17.8 Å². The minimum absolute atomic E-state index is 0.490. The second kappa shape index (κ2) is 6.41. The van der Waals surface area contributed by atoms with Gasteiger partial charge in [0, 0.05) is 11.8 Å². The first-order chi connectivity index (χ1) is 11.1. The van der Waals surface area contributed by atoms with E-state index in [9.17, 15) is 0 Å². The van der Waals surface area contributed by atoms with Crippen LogP contribution in [-0.4, -0.2) is 9.78 Å². The Hall–Kier alpha value is -2.35. The van der Waals surface area contributed by atoms with Crippen LogP contribution in [0.4, 0.5) is 0 Å². The van der Waals surface area contributed by atoms with E-state index < -0.39 is 0 Å². The molecule has 0 N–H and O–H groups in total. The van der Waals surface area contributed by atoms with E-state index >= 15 is 0 Å². The van der Waals surface area contributed by atoms with Crippen molar-refractivity contribution in [3.8, 4) is 16.8 Å². The average molecular weight is 304 g/mol. The predicted octanol–water partition coefficient (Wildman–Crippen LogP) is 5.79. The molecular formula is C21H24N2. The van der Waals surface area contributed by atoms with Gasteiger partial charge in [-0.05, 0) is 40.7 Å². The fourth-order valence-corrected chi connectivity index (χ4v) is 3.06. The Balaban J connectivity index is 2.14. The monoisotopic (exact) mass is 304 g/mol. The van der Waals surface area contributed by atoms with E-state index in [1.54, 1.807) is 0 Å². The normalized spacial score (nSPS) is 11.4. The van der Waals surface area contributed by atoms with Crippen molar-refractivity contribution >= 4 is 0 Å². The zero-order valence-electron chi connectivity index (χ0n) is 14.3. The van der Waals surface area contributed by atoms with Gasteiger partial charge in [0.25, 0.3) is 0 Å². The number of hydrogen-bond acceptors (Lipinski definition) is 1. The molecule has 0 spiro atoms. The van der Waals surface area contributed by atoms with Crippen LogP contribution in [0.25, 0.3) is 16.8 Å². The molecule has 0 aliphatic rings. The highest BCUT2D eigenvalue weighted by Gasteiger charge is 2.16. The van der Waals surface area contributed by atoms with Crippen LogP contribution in [0.5, 0.6) is 0 Å². The molecule has 23 heavy (non-hydrogen) atoms. The molecule has 3 aromatic rings. The van der Waals surface area contributed by atoms with E-state index in [-0.39, 0.29) is 0 Å². The van der Waals surface area contributed by atoms with E-state index in [1.807, 2.05) is 29.1 Å². The van der Waals surface area contributed by atoms with Crippen LogP contribution in [0.15, 0.2) is 60.9 Å². The van der Waals surface area contributed by atoms with Crippen LogP contribution in [-0.2, 0) is 0 Å². The lowest BCUT2D eigenvalue weighted by molar-refractivity contribution is 0.838. The highest BCUT2D eigenvalue weighted by atomic mass is 15.3. The molecule has 2 nitrogen and oxygen atoms in total. The predicted molar refractivity (Wildman–Crippen MR) is 97.2 cm³/mol. The highest BCUT2D eigenvalue weighted by Crippen LogP contribution is 2.36. The van der Waals surface area contributed by atoms with Crippen molar-refractivity contribution in [2.75, 3.05) is 0 Å². The zero-order chi connectivity index (χ0) is 16.4. The van der Waals surface area contributed by atoms with E-state index in [0.29, 0.717) is 11.8 Å². The first-order valence-electron chi connectivity index (χ1n) is 8.31. The molecule has 0 bridgehead atoms. The van der Waals surface area contributed by atoms with Gasteiger partial charge < -0.3 is 0 Å². The molecule has 0 aliphatic heterocycles. The summed E-state index contributed by atoms with van der Waals surface area (Å²) in [5, 5.41) is 4.58. The molecule has 2 aromatic carbocycles. The number of nitrogens with zero attached hydrogens (tertiary/aromatic N) is 2. The van der Waals surface area contributed by atoms with Crippen LogP contribution in [0.3, 0.4) is 0 Å². The molecular weight excluding hydrogens is 280 g/mol. The van der Waals surface area contributed by atoms with Gasteiger partial charge >= 0.3 is 0 Å². The summed E-state index contributed by atoms with van der Waals surface area (Å²) in [5.74, 6) is 0.979. The van der Waals surface area contributed by atoms with E-state index in [1.165, 1.54) is 22.3 Å². The third-order valence-electron chi connectivity index (χ3n) is 4.26. The summed E-state index contributed by atoms with van der Waals surface area (Å²) in [6.07, 6.45) is 4.13. The Bertz CT molecular complexity index is 756. The van der Waals surface area contributed by atoms with E-state index in [2.05, 4.69) is 69.3 Å². The van der Waals surface area contributed by atoms with Crippen molar-refractivity contribution in [2.24, 2.45) is 0 Å². The third kappa shape index (κ3) is 3.07. The molecule has 3 rings (SSSR count). The fourth-order valence-electron chi connectivity index (χ4n) is 3.06. The molecule has 0 aliphatic carbocycles. The Labute approximate surface area is 138 Å². The van der Waals surface area contributed by atoms with Gasteiger partial charge in [-0.2, -0.15) is 5.10 Å². The summed E-state index contributed by atoms with van der Waals surface area (Å²) in [6, 6.07) is 16.9. The Kier molecular flexibility index (Phi) is 4.33. The molecule has 0 atom stereocenters. The summed E-state index contributed by atoms with van der Waals surface area (Å²) in [4.78, 5) is 0. The first kappa shape index (κ1) is 15.5. The molecule has 0 fully saturated rings. The molecule has 0 saturated heterocycles. The standard InChI is InChI=1S/C21H24N2/c1-15(2)19-11-8-12-20(16(3)4)21(19)17-13-22-23(14-17)18-9-6-5-7-10-18/h5-16H,1-4H3.